The Hall–Kier alpha value is -0.950. The summed E-state index contributed by atoms with van der Waals surface area (Å²) < 4.78 is 74.2. The molecule has 1 aromatic carbocycles. The highest BCUT2D eigenvalue weighted by Gasteiger charge is 2.55. The molecule has 0 fully saturated rings. The molecule has 0 bridgehead atoms. The molecule has 0 saturated carbocycles. The SMILES string of the molecule is CC(C)(C)c1ccc(CNCCC(C(F)(F)F)C(F)(F)F)cc1.Cl. The van der Waals surface area contributed by atoms with E-state index < -0.39 is 24.7 Å². The van der Waals surface area contributed by atoms with Crippen LogP contribution in [0.25, 0.3) is 0 Å². The summed E-state index contributed by atoms with van der Waals surface area (Å²) in [5.74, 6) is -3.29. The van der Waals surface area contributed by atoms with Gasteiger partial charge in [-0.1, -0.05) is 45.0 Å². The molecule has 0 atom stereocenters. The van der Waals surface area contributed by atoms with Crippen molar-refractivity contribution in [3.05, 3.63) is 35.4 Å². The molecule has 0 aliphatic heterocycles. The van der Waals surface area contributed by atoms with Crippen molar-refractivity contribution >= 4 is 12.4 Å². The molecule has 0 radical (unpaired) electrons. The van der Waals surface area contributed by atoms with Gasteiger partial charge in [0.1, 0.15) is 0 Å². The van der Waals surface area contributed by atoms with Crippen LogP contribution in [-0.2, 0) is 12.0 Å². The predicted octanol–water partition coefficient (Wildman–Crippen LogP) is 5.63. The van der Waals surface area contributed by atoms with Gasteiger partial charge >= 0.3 is 12.4 Å². The van der Waals surface area contributed by atoms with Crippen molar-refractivity contribution in [1.82, 2.24) is 5.32 Å². The highest BCUT2D eigenvalue weighted by molar-refractivity contribution is 5.85. The lowest BCUT2D eigenvalue weighted by Gasteiger charge is -2.23. The number of benzene rings is 1. The molecular formula is C16H22ClF6N. The zero-order chi connectivity index (χ0) is 17.9. The van der Waals surface area contributed by atoms with Crippen LogP contribution >= 0.6 is 12.4 Å². The molecule has 1 N–H and O–H groups in total. The molecular weight excluding hydrogens is 356 g/mol. The van der Waals surface area contributed by atoms with E-state index in [-0.39, 0.29) is 30.9 Å². The Morgan fingerprint density at radius 3 is 1.71 bits per heavy atom. The second-order valence-electron chi connectivity index (χ2n) is 6.55. The van der Waals surface area contributed by atoms with Crippen molar-refractivity contribution in [3.8, 4) is 0 Å². The maximum absolute atomic E-state index is 12.4. The highest BCUT2D eigenvalue weighted by atomic mass is 35.5. The maximum atomic E-state index is 12.4. The van der Waals surface area contributed by atoms with Crippen molar-refractivity contribution in [2.45, 2.75) is 51.5 Å². The molecule has 0 saturated heterocycles. The maximum Gasteiger partial charge on any atom is 0.400 e. The summed E-state index contributed by atoms with van der Waals surface area (Å²) in [5.41, 5.74) is 1.91. The van der Waals surface area contributed by atoms with Gasteiger partial charge in [-0.05, 0) is 29.5 Å². The molecule has 1 nitrogen and oxygen atoms in total. The summed E-state index contributed by atoms with van der Waals surface area (Å²) in [7, 11) is 0. The third kappa shape index (κ3) is 7.30. The Balaban J connectivity index is 0.00000529. The van der Waals surface area contributed by atoms with E-state index in [4.69, 9.17) is 0 Å². The minimum atomic E-state index is -5.27. The number of halogens is 7. The van der Waals surface area contributed by atoms with Gasteiger partial charge in [0.25, 0.3) is 0 Å². The van der Waals surface area contributed by atoms with Gasteiger partial charge in [-0.3, -0.25) is 0 Å². The smallest absolute Gasteiger partial charge is 0.313 e. The summed E-state index contributed by atoms with van der Waals surface area (Å²) in [6.45, 7) is 6.02. The largest absolute Gasteiger partial charge is 0.400 e. The summed E-state index contributed by atoms with van der Waals surface area (Å²) in [6.07, 6.45) is -11.6. The van der Waals surface area contributed by atoms with E-state index in [0.29, 0.717) is 0 Å². The lowest BCUT2D eigenvalue weighted by atomic mass is 9.87. The van der Waals surface area contributed by atoms with E-state index in [0.717, 1.165) is 11.1 Å². The fourth-order valence-electron chi connectivity index (χ4n) is 2.11. The quantitative estimate of drug-likeness (QED) is 0.518. The topological polar surface area (TPSA) is 12.0 Å². The Labute approximate surface area is 144 Å². The Kier molecular flexibility index (Phi) is 8.09. The van der Waals surface area contributed by atoms with E-state index in [2.05, 4.69) is 26.1 Å². The zero-order valence-corrected chi connectivity index (χ0v) is 14.5. The highest BCUT2D eigenvalue weighted by Crippen LogP contribution is 2.41. The van der Waals surface area contributed by atoms with Crippen molar-refractivity contribution in [2.75, 3.05) is 6.54 Å². The van der Waals surface area contributed by atoms with Gasteiger partial charge in [-0.25, -0.2) is 0 Å². The van der Waals surface area contributed by atoms with E-state index in [1.807, 2.05) is 24.3 Å². The van der Waals surface area contributed by atoms with Gasteiger partial charge in [-0.2, -0.15) is 26.3 Å². The molecule has 1 aromatic rings. The Morgan fingerprint density at radius 1 is 0.875 bits per heavy atom. The van der Waals surface area contributed by atoms with Crippen LogP contribution in [0.3, 0.4) is 0 Å². The second-order valence-corrected chi connectivity index (χ2v) is 6.55. The van der Waals surface area contributed by atoms with Crippen LogP contribution in [0.1, 0.15) is 38.3 Å². The average Bonchev–Trinajstić information content (AvgIpc) is 2.34. The van der Waals surface area contributed by atoms with E-state index >= 15 is 0 Å². The summed E-state index contributed by atoms with van der Waals surface area (Å²) >= 11 is 0. The van der Waals surface area contributed by atoms with Crippen molar-refractivity contribution in [1.29, 1.82) is 0 Å². The Morgan fingerprint density at radius 2 is 1.33 bits per heavy atom. The van der Waals surface area contributed by atoms with Crippen LogP contribution < -0.4 is 5.32 Å². The van der Waals surface area contributed by atoms with E-state index in [1.165, 1.54) is 0 Å². The fraction of sp³-hybridized carbons (Fsp3) is 0.625. The summed E-state index contributed by atoms with van der Waals surface area (Å²) in [6, 6.07) is 7.45. The van der Waals surface area contributed by atoms with Crippen molar-refractivity contribution in [3.63, 3.8) is 0 Å². The third-order valence-corrected chi connectivity index (χ3v) is 3.55. The molecule has 8 heteroatoms. The van der Waals surface area contributed by atoms with E-state index in [9.17, 15) is 26.3 Å². The molecule has 1 rings (SSSR count). The molecule has 0 aromatic heterocycles. The molecule has 0 aliphatic carbocycles. The third-order valence-electron chi connectivity index (χ3n) is 3.55. The molecule has 0 aliphatic rings. The number of alkyl halides is 6. The average molecular weight is 378 g/mol. The normalized spacial score (nSPS) is 13.1. The van der Waals surface area contributed by atoms with Crippen LogP contribution in [0.15, 0.2) is 24.3 Å². The molecule has 140 valence electrons. The lowest BCUT2D eigenvalue weighted by Crippen LogP contribution is -2.38. The lowest BCUT2D eigenvalue weighted by molar-refractivity contribution is -0.285. The number of nitrogens with one attached hydrogen (secondary N) is 1. The van der Waals surface area contributed by atoms with Gasteiger partial charge in [0, 0.05) is 6.54 Å². The van der Waals surface area contributed by atoms with Gasteiger partial charge in [0.05, 0.1) is 0 Å². The van der Waals surface area contributed by atoms with Gasteiger partial charge < -0.3 is 5.32 Å². The monoisotopic (exact) mass is 377 g/mol. The van der Waals surface area contributed by atoms with E-state index in [1.54, 1.807) is 0 Å². The van der Waals surface area contributed by atoms with Gasteiger partial charge in [-0.15, -0.1) is 12.4 Å². The van der Waals surface area contributed by atoms with Crippen LogP contribution in [0, 0.1) is 5.92 Å². The molecule has 0 heterocycles. The number of rotatable bonds is 5. The first kappa shape index (κ1) is 23.1. The summed E-state index contributed by atoms with van der Waals surface area (Å²) in [5, 5.41) is 2.63. The minimum absolute atomic E-state index is 0. The second kappa shape index (κ2) is 8.43. The predicted molar refractivity (Wildman–Crippen MR) is 84.3 cm³/mol. The van der Waals surface area contributed by atoms with Crippen LogP contribution in [-0.4, -0.2) is 18.9 Å². The number of hydrogen-bond acceptors (Lipinski definition) is 1. The minimum Gasteiger partial charge on any atom is -0.313 e. The molecule has 0 amide bonds. The molecule has 24 heavy (non-hydrogen) atoms. The summed E-state index contributed by atoms with van der Waals surface area (Å²) in [4.78, 5) is 0. The van der Waals surface area contributed by atoms with Crippen LogP contribution in [0.5, 0.6) is 0 Å². The first-order valence-electron chi connectivity index (χ1n) is 7.25. The van der Waals surface area contributed by atoms with Crippen LogP contribution in [0.4, 0.5) is 26.3 Å². The van der Waals surface area contributed by atoms with Crippen molar-refractivity contribution < 1.29 is 26.3 Å². The molecule has 0 unspecified atom stereocenters. The van der Waals surface area contributed by atoms with Gasteiger partial charge in [0.2, 0.25) is 0 Å². The zero-order valence-electron chi connectivity index (χ0n) is 13.7. The first-order chi connectivity index (χ1) is 10.3. The number of hydrogen-bond donors (Lipinski definition) is 1. The van der Waals surface area contributed by atoms with Crippen molar-refractivity contribution in [2.24, 2.45) is 5.92 Å². The first-order valence-corrected chi connectivity index (χ1v) is 7.25. The fourth-order valence-corrected chi connectivity index (χ4v) is 2.11. The van der Waals surface area contributed by atoms with Crippen LogP contribution in [0.2, 0.25) is 0 Å². The van der Waals surface area contributed by atoms with Gasteiger partial charge in [0.15, 0.2) is 5.92 Å². The Bertz CT molecular complexity index is 473. The standard InChI is InChI=1S/C16H21F6N.ClH/c1-14(2,3)12-6-4-11(5-7-12)10-23-9-8-13(15(17,18)19)16(20,21)22;/h4-7,13,23H,8-10H2,1-3H3;1H. The molecule has 0 spiro atoms.